The first kappa shape index (κ1) is 18.4. The van der Waals surface area contributed by atoms with E-state index in [9.17, 15) is 4.89 Å². The smallest absolute Gasteiger partial charge is 0.394 e. The molecule has 0 spiro atoms. The molecule has 1 unspecified atom stereocenters. The molecule has 0 amide bonds. The van der Waals surface area contributed by atoms with Crippen LogP contribution in [0.5, 0.6) is 5.75 Å². The van der Waals surface area contributed by atoms with Crippen LogP contribution in [0.4, 0.5) is 0 Å². The van der Waals surface area contributed by atoms with E-state index in [1.807, 2.05) is 12.1 Å². The van der Waals surface area contributed by atoms with Gasteiger partial charge >= 0.3 is 8.60 Å². The van der Waals surface area contributed by atoms with Crippen LogP contribution in [-0.2, 0) is 15.4 Å². The summed E-state index contributed by atoms with van der Waals surface area (Å²) in [6.45, 7) is 12.7. The molecule has 0 fully saturated rings. The van der Waals surface area contributed by atoms with Crippen LogP contribution < -0.4 is 4.52 Å². The maximum absolute atomic E-state index is 9.76. The minimum absolute atomic E-state index is 0.0515. The summed E-state index contributed by atoms with van der Waals surface area (Å²) in [4.78, 5) is 9.76. The first-order valence-corrected chi connectivity index (χ1v) is 8.24. The number of rotatable bonds is 5. The molecule has 1 atom stereocenters. The molecule has 0 aliphatic rings. The molecule has 5 heteroatoms. The summed E-state index contributed by atoms with van der Waals surface area (Å²) in [5.41, 5.74) is 2.20. The van der Waals surface area contributed by atoms with Crippen molar-refractivity contribution in [1.29, 1.82) is 0 Å². The third-order valence-corrected chi connectivity index (χ3v) is 3.88. The zero-order chi connectivity index (χ0) is 16.3. The predicted molar refractivity (Wildman–Crippen MR) is 86.6 cm³/mol. The molecule has 120 valence electrons. The number of aliphatic hydroxyl groups excluding tert-OH is 1. The molecule has 0 aromatic heterocycles. The fourth-order valence-corrected chi connectivity index (χ4v) is 2.51. The molecule has 0 bridgehead atoms. The van der Waals surface area contributed by atoms with Crippen LogP contribution in [-0.4, -0.2) is 23.2 Å². The van der Waals surface area contributed by atoms with Crippen LogP contribution >= 0.6 is 8.60 Å². The van der Waals surface area contributed by atoms with E-state index in [0.29, 0.717) is 5.75 Å². The van der Waals surface area contributed by atoms with Crippen molar-refractivity contribution in [2.45, 2.75) is 52.4 Å². The van der Waals surface area contributed by atoms with Gasteiger partial charge in [0.1, 0.15) is 5.75 Å². The van der Waals surface area contributed by atoms with E-state index in [1.165, 1.54) is 5.56 Å². The fraction of sp³-hybridized carbons (Fsp3) is 0.625. The van der Waals surface area contributed by atoms with Crippen molar-refractivity contribution in [1.82, 2.24) is 0 Å². The fourth-order valence-electron chi connectivity index (χ4n) is 1.89. The van der Waals surface area contributed by atoms with Gasteiger partial charge in [0.25, 0.3) is 0 Å². The van der Waals surface area contributed by atoms with Gasteiger partial charge in [-0.05, 0) is 22.5 Å². The molecule has 0 aliphatic carbocycles. The largest absolute Gasteiger partial charge is 0.427 e. The summed E-state index contributed by atoms with van der Waals surface area (Å²) in [7, 11) is -2.02. The van der Waals surface area contributed by atoms with Crippen molar-refractivity contribution in [2.75, 3.05) is 13.2 Å². The average molecular weight is 314 g/mol. The van der Waals surface area contributed by atoms with Gasteiger partial charge < -0.3 is 19.0 Å². The van der Waals surface area contributed by atoms with Crippen LogP contribution in [0.15, 0.2) is 18.2 Å². The zero-order valence-corrected chi connectivity index (χ0v) is 14.7. The average Bonchev–Trinajstić information content (AvgIpc) is 2.34. The second kappa shape index (κ2) is 7.06. The Morgan fingerprint density at radius 1 is 1.05 bits per heavy atom. The maximum atomic E-state index is 9.76. The number of hydrogen-bond donors (Lipinski definition) is 2. The molecule has 1 aromatic carbocycles. The molecule has 0 radical (unpaired) electrons. The lowest BCUT2D eigenvalue weighted by Gasteiger charge is -2.27. The Balaban J connectivity index is 3.09. The summed E-state index contributed by atoms with van der Waals surface area (Å²) in [6.07, 6.45) is 0. The second-order valence-corrected chi connectivity index (χ2v) is 8.01. The molecular weight excluding hydrogens is 287 g/mol. The van der Waals surface area contributed by atoms with Crippen molar-refractivity contribution < 1.29 is 19.0 Å². The molecule has 0 saturated carbocycles. The molecular formula is C16H27O4P. The standard InChI is InChI=1S/C16H27O4P/c1-15(2,3)12-7-8-14(13(11-12)16(4,5)6)20-21(18)19-10-9-17/h7-8,11,17-18H,9-10H2,1-6H3. The van der Waals surface area contributed by atoms with E-state index < -0.39 is 8.60 Å². The Hall–Kier alpha value is -0.670. The molecule has 1 aromatic rings. The highest BCUT2D eigenvalue weighted by atomic mass is 31.2. The number of hydrogen-bond acceptors (Lipinski definition) is 4. The van der Waals surface area contributed by atoms with Crippen molar-refractivity contribution in [3.8, 4) is 5.75 Å². The van der Waals surface area contributed by atoms with Crippen molar-refractivity contribution >= 4 is 8.60 Å². The molecule has 21 heavy (non-hydrogen) atoms. The Morgan fingerprint density at radius 3 is 2.14 bits per heavy atom. The van der Waals surface area contributed by atoms with Gasteiger partial charge in [0.2, 0.25) is 0 Å². The zero-order valence-electron chi connectivity index (χ0n) is 13.8. The minimum atomic E-state index is -2.02. The van der Waals surface area contributed by atoms with Crippen LogP contribution in [0.2, 0.25) is 0 Å². The van der Waals surface area contributed by atoms with E-state index in [2.05, 4.69) is 47.6 Å². The molecule has 2 N–H and O–H groups in total. The highest BCUT2D eigenvalue weighted by molar-refractivity contribution is 7.41. The summed E-state index contributed by atoms with van der Waals surface area (Å²) in [6, 6.07) is 6.03. The van der Waals surface area contributed by atoms with Gasteiger partial charge in [-0.2, -0.15) is 0 Å². The quantitative estimate of drug-likeness (QED) is 0.810. The number of benzene rings is 1. The van der Waals surface area contributed by atoms with E-state index in [-0.39, 0.29) is 24.0 Å². The Kier molecular flexibility index (Phi) is 6.18. The van der Waals surface area contributed by atoms with Crippen molar-refractivity contribution in [2.24, 2.45) is 0 Å². The van der Waals surface area contributed by atoms with Gasteiger partial charge in [-0.25, -0.2) is 0 Å². The molecule has 1 rings (SSSR count). The van der Waals surface area contributed by atoms with Crippen LogP contribution in [0.3, 0.4) is 0 Å². The van der Waals surface area contributed by atoms with Crippen LogP contribution in [0.25, 0.3) is 0 Å². The van der Waals surface area contributed by atoms with Crippen LogP contribution in [0, 0.1) is 0 Å². The van der Waals surface area contributed by atoms with Gasteiger partial charge in [0, 0.05) is 5.56 Å². The third-order valence-electron chi connectivity index (χ3n) is 3.12. The van der Waals surface area contributed by atoms with Crippen molar-refractivity contribution in [3.63, 3.8) is 0 Å². The molecule has 0 saturated heterocycles. The van der Waals surface area contributed by atoms with E-state index >= 15 is 0 Å². The first-order chi connectivity index (χ1) is 9.55. The third kappa shape index (κ3) is 5.55. The lowest BCUT2D eigenvalue weighted by atomic mass is 9.80. The molecule has 4 nitrogen and oxygen atoms in total. The Morgan fingerprint density at radius 2 is 1.67 bits per heavy atom. The summed E-state index contributed by atoms with van der Waals surface area (Å²) in [5, 5.41) is 8.71. The van der Waals surface area contributed by atoms with Gasteiger partial charge in [0.05, 0.1) is 13.2 Å². The molecule has 0 heterocycles. The molecule has 0 aliphatic heterocycles. The van der Waals surface area contributed by atoms with Gasteiger partial charge in [-0.1, -0.05) is 53.7 Å². The topological polar surface area (TPSA) is 58.9 Å². The monoisotopic (exact) mass is 314 g/mol. The number of aliphatic hydroxyl groups is 1. The minimum Gasteiger partial charge on any atom is -0.427 e. The lowest BCUT2D eigenvalue weighted by molar-refractivity contribution is 0.183. The predicted octanol–water partition coefficient (Wildman–Crippen LogP) is 3.89. The van der Waals surface area contributed by atoms with Crippen molar-refractivity contribution in [3.05, 3.63) is 29.3 Å². The summed E-state index contributed by atoms with van der Waals surface area (Å²) < 4.78 is 10.5. The summed E-state index contributed by atoms with van der Waals surface area (Å²) in [5.74, 6) is 0.627. The highest BCUT2D eigenvalue weighted by Crippen LogP contribution is 2.41. The van der Waals surface area contributed by atoms with E-state index in [4.69, 9.17) is 14.2 Å². The summed E-state index contributed by atoms with van der Waals surface area (Å²) >= 11 is 0. The SMILES string of the molecule is CC(C)(C)c1ccc(OP(O)OCCO)c(C(C)(C)C)c1. The van der Waals surface area contributed by atoms with Gasteiger partial charge in [-0.3, -0.25) is 0 Å². The Labute approximate surface area is 129 Å². The van der Waals surface area contributed by atoms with Crippen LogP contribution in [0.1, 0.15) is 52.7 Å². The van der Waals surface area contributed by atoms with Gasteiger partial charge in [-0.15, -0.1) is 0 Å². The van der Waals surface area contributed by atoms with E-state index in [0.717, 1.165) is 5.56 Å². The second-order valence-electron chi connectivity index (χ2n) is 7.10. The van der Waals surface area contributed by atoms with E-state index in [1.54, 1.807) is 0 Å². The normalized spacial score (nSPS) is 14.1. The first-order valence-electron chi connectivity index (χ1n) is 7.11. The highest BCUT2D eigenvalue weighted by Gasteiger charge is 2.24. The van der Waals surface area contributed by atoms with Gasteiger partial charge in [0.15, 0.2) is 0 Å². The Bertz CT molecular complexity index is 460. The maximum Gasteiger partial charge on any atom is 0.394 e. The lowest BCUT2D eigenvalue weighted by Crippen LogP contribution is -2.17.